The Hall–Kier alpha value is -4.73. The van der Waals surface area contributed by atoms with Crippen molar-refractivity contribution in [1.29, 1.82) is 0 Å². The van der Waals surface area contributed by atoms with E-state index in [2.05, 4.69) is 10.1 Å². The maximum Gasteiger partial charge on any atom is 0.270 e. The third-order valence-corrected chi connectivity index (χ3v) is 5.51. The molecule has 0 aliphatic rings. The predicted octanol–water partition coefficient (Wildman–Crippen LogP) is 4.55. The standard InChI is InChI=1S/C26H24N4O6/c1-34-22-12-11-19(16-23(22)35-2)25-27-24(36-28-25)13-14-29(17-18-7-4-3-5-8-18)26(31)20-9-6-10-21(15-20)30(32)33/h3-12,15-16H,13-14,17H2,1-2H3. The van der Waals surface area contributed by atoms with Crippen molar-refractivity contribution in [3.05, 3.63) is 99.9 Å². The van der Waals surface area contributed by atoms with Gasteiger partial charge in [-0.15, -0.1) is 0 Å². The first-order valence-electron chi connectivity index (χ1n) is 11.1. The van der Waals surface area contributed by atoms with Crippen molar-refractivity contribution in [1.82, 2.24) is 15.0 Å². The van der Waals surface area contributed by atoms with Gasteiger partial charge in [0.1, 0.15) is 0 Å². The molecule has 10 heteroatoms. The van der Waals surface area contributed by atoms with Crippen molar-refractivity contribution in [3.63, 3.8) is 0 Å². The molecule has 0 N–H and O–H groups in total. The molecule has 4 aromatic rings. The maximum absolute atomic E-state index is 13.3. The molecule has 1 aromatic heterocycles. The van der Waals surface area contributed by atoms with Crippen molar-refractivity contribution in [2.45, 2.75) is 13.0 Å². The van der Waals surface area contributed by atoms with Crippen LogP contribution in [0, 0.1) is 10.1 Å². The van der Waals surface area contributed by atoms with Crippen LogP contribution >= 0.6 is 0 Å². The monoisotopic (exact) mass is 488 g/mol. The zero-order chi connectivity index (χ0) is 25.5. The second-order valence-corrected chi connectivity index (χ2v) is 7.85. The topological polar surface area (TPSA) is 121 Å². The number of nitro groups is 1. The zero-order valence-corrected chi connectivity index (χ0v) is 19.8. The summed E-state index contributed by atoms with van der Waals surface area (Å²) in [5, 5.41) is 15.2. The lowest BCUT2D eigenvalue weighted by molar-refractivity contribution is -0.384. The Bertz CT molecular complexity index is 1360. The zero-order valence-electron chi connectivity index (χ0n) is 19.8. The number of carbonyl (C=O) groups is 1. The Kier molecular flexibility index (Phi) is 7.54. The number of hydrogen-bond acceptors (Lipinski definition) is 8. The average Bonchev–Trinajstić information content (AvgIpc) is 3.40. The van der Waals surface area contributed by atoms with Crippen molar-refractivity contribution in [3.8, 4) is 22.9 Å². The molecule has 0 saturated carbocycles. The highest BCUT2D eigenvalue weighted by atomic mass is 16.6. The van der Waals surface area contributed by atoms with Gasteiger partial charge in [0, 0.05) is 42.8 Å². The summed E-state index contributed by atoms with van der Waals surface area (Å²) in [7, 11) is 3.10. The van der Waals surface area contributed by atoms with E-state index in [1.165, 1.54) is 18.2 Å². The first-order valence-corrected chi connectivity index (χ1v) is 11.1. The number of nitrogens with zero attached hydrogens (tertiary/aromatic N) is 4. The molecule has 0 saturated heterocycles. The Balaban J connectivity index is 1.53. The van der Waals surface area contributed by atoms with E-state index >= 15 is 0 Å². The Morgan fingerprint density at radius 3 is 2.50 bits per heavy atom. The quantitative estimate of drug-likeness (QED) is 0.235. The van der Waals surface area contributed by atoms with Crippen LogP contribution in [0.25, 0.3) is 11.4 Å². The van der Waals surface area contributed by atoms with Gasteiger partial charge in [0.2, 0.25) is 11.7 Å². The van der Waals surface area contributed by atoms with Crippen LogP contribution in [0.3, 0.4) is 0 Å². The number of non-ortho nitro benzene ring substituents is 1. The molecule has 0 atom stereocenters. The number of amides is 1. The number of methoxy groups -OCH3 is 2. The molecule has 36 heavy (non-hydrogen) atoms. The van der Waals surface area contributed by atoms with Crippen LogP contribution < -0.4 is 9.47 Å². The summed E-state index contributed by atoms with van der Waals surface area (Å²) < 4.78 is 16.0. The summed E-state index contributed by atoms with van der Waals surface area (Å²) in [6, 6.07) is 20.5. The van der Waals surface area contributed by atoms with Gasteiger partial charge in [0.25, 0.3) is 11.6 Å². The molecule has 1 amide bonds. The van der Waals surface area contributed by atoms with Crippen molar-refractivity contribution >= 4 is 11.6 Å². The van der Waals surface area contributed by atoms with Crippen LogP contribution in [0.5, 0.6) is 11.5 Å². The smallest absolute Gasteiger partial charge is 0.270 e. The second-order valence-electron chi connectivity index (χ2n) is 7.85. The number of benzene rings is 3. The molecule has 0 aliphatic heterocycles. The lowest BCUT2D eigenvalue weighted by Gasteiger charge is -2.22. The van der Waals surface area contributed by atoms with Crippen LogP contribution in [0.1, 0.15) is 21.8 Å². The summed E-state index contributed by atoms with van der Waals surface area (Å²) >= 11 is 0. The van der Waals surface area contributed by atoms with Gasteiger partial charge >= 0.3 is 0 Å². The molecule has 3 aromatic carbocycles. The van der Waals surface area contributed by atoms with Crippen LogP contribution in [-0.2, 0) is 13.0 Å². The summed E-state index contributed by atoms with van der Waals surface area (Å²) in [5.74, 6) is 1.52. The van der Waals surface area contributed by atoms with Crippen LogP contribution in [-0.4, -0.2) is 46.6 Å². The molecular weight excluding hydrogens is 464 g/mol. The van der Waals surface area contributed by atoms with E-state index in [0.29, 0.717) is 41.7 Å². The molecule has 1 heterocycles. The molecule has 0 spiro atoms. The Morgan fingerprint density at radius 1 is 1.00 bits per heavy atom. The molecule has 184 valence electrons. The number of hydrogen-bond donors (Lipinski definition) is 0. The van der Waals surface area contributed by atoms with Gasteiger partial charge in [0.05, 0.1) is 19.1 Å². The molecule has 4 rings (SSSR count). The lowest BCUT2D eigenvalue weighted by Crippen LogP contribution is -2.32. The minimum atomic E-state index is -0.521. The molecule has 0 bridgehead atoms. The number of carbonyl (C=O) groups excluding carboxylic acids is 1. The van der Waals surface area contributed by atoms with Gasteiger partial charge < -0.3 is 18.9 Å². The minimum absolute atomic E-state index is 0.142. The largest absolute Gasteiger partial charge is 0.493 e. The third kappa shape index (κ3) is 5.66. The van der Waals surface area contributed by atoms with E-state index in [1.807, 2.05) is 30.3 Å². The summed E-state index contributed by atoms with van der Waals surface area (Å²) in [6.07, 6.45) is 0.299. The molecule has 0 radical (unpaired) electrons. The minimum Gasteiger partial charge on any atom is -0.493 e. The summed E-state index contributed by atoms with van der Waals surface area (Å²) in [4.78, 5) is 30.0. The SMILES string of the molecule is COc1ccc(-c2noc(CCN(Cc3ccccc3)C(=O)c3cccc([N+](=O)[O-])c3)n2)cc1OC. The molecule has 10 nitrogen and oxygen atoms in total. The molecule has 0 fully saturated rings. The number of nitro benzene ring substituents is 1. The summed E-state index contributed by atoms with van der Waals surface area (Å²) in [5.41, 5.74) is 1.71. The van der Waals surface area contributed by atoms with E-state index in [9.17, 15) is 14.9 Å². The highest BCUT2D eigenvalue weighted by Gasteiger charge is 2.20. The molecular formula is C26H24N4O6. The van der Waals surface area contributed by atoms with E-state index in [0.717, 1.165) is 5.56 Å². The number of aromatic nitrogens is 2. The fourth-order valence-electron chi connectivity index (χ4n) is 3.67. The second kappa shape index (κ2) is 11.1. The predicted molar refractivity (Wildman–Crippen MR) is 131 cm³/mol. The van der Waals surface area contributed by atoms with E-state index in [-0.39, 0.29) is 23.7 Å². The molecule has 0 aliphatic carbocycles. The molecule has 0 unspecified atom stereocenters. The normalized spacial score (nSPS) is 10.6. The van der Waals surface area contributed by atoms with Crippen LogP contribution in [0.15, 0.2) is 77.3 Å². The van der Waals surface area contributed by atoms with E-state index in [1.54, 1.807) is 43.4 Å². The average molecular weight is 489 g/mol. The first-order chi connectivity index (χ1) is 17.5. The van der Waals surface area contributed by atoms with Gasteiger partial charge in [-0.1, -0.05) is 41.6 Å². The van der Waals surface area contributed by atoms with Gasteiger partial charge in [-0.25, -0.2) is 0 Å². The van der Waals surface area contributed by atoms with Gasteiger partial charge in [-0.3, -0.25) is 14.9 Å². The van der Waals surface area contributed by atoms with Gasteiger partial charge in [-0.2, -0.15) is 4.98 Å². The number of ether oxygens (including phenoxy) is 2. The van der Waals surface area contributed by atoms with Crippen molar-refractivity contribution in [2.75, 3.05) is 20.8 Å². The fraction of sp³-hybridized carbons (Fsp3) is 0.192. The van der Waals surface area contributed by atoms with Crippen molar-refractivity contribution in [2.24, 2.45) is 0 Å². The highest BCUT2D eigenvalue weighted by Crippen LogP contribution is 2.31. The third-order valence-electron chi connectivity index (χ3n) is 5.51. The van der Waals surface area contributed by atoms with Crippen molar-refractivity contribution < 1.29 is 23.7 Å². The highest BCUT2D eigenvalue weighted by molar-refractivity contribution is 5.94. The first kappa shape index (κ1) is 24.4. The summed E-state index contributed by atoms with van der Waals surface area (Å²) in [6.45, 7) is 0.586. The van der Waals surface area contributed by atoms with E-state index < -0.39 is 4.92 Å². The lowest BCUT2D eigenvalue weighted by atomic mass is 10.1. The van der Waals surface area contributed by atoms with Gasteiger partial charge in [-0.05, 0) is 29.8 Å². The van der Waals surface area contributed by atoms with Crippen LogP contribution in [0.2, 0.25) is 0 Å². The maximum atomic E-state index is 13.3. The van der Waals surface area contributed by atoms with E-state index in [4.69, 9.17) is 14.0 Å². The van der Waals surface area contributed by atoms with Gasteiger partial charge in [0.15, 0.2) is 11.5 Å². The Labute approximate surface area is 207 Å². The van der Waals surface area contributed by atoms with Crippen LogP contribution in [0.4, 0.5) is 5.69 Å². The Morgan fingerprint density at radius 2 is 1.78 bits per heavy atom. The fourth-order valence-corrected chi connectivity index (χ4v) is 3.67. The number of rotatable bonds is 10.